The summed E-state index contributed by atoms with van der Waals surface area (Å²) in [6, 6.07) is 18.6. The van der Waals surface area contributed by atoms with Crippen molar-refractivity contribution in [3.8, 4) is 17.3 Å². The van der Waals surface area contributed by atoms with Gasteiger partial charge in [0.2, 0.25) is 0 Å². The third-order valence-electron chi connectivity index (χ3n) is 4.66. The molecule has 0 atom stereocenters. The predicted octanol–water partition coefficient (Wildman–Crippen LogP) is 5.43. The summed E-state index contributed by atoms with van der Waals surface area (Å²) in [5.41, 5.74) is 2.68. The van der Waals surface area contributed by atoms with E-state index in [9.17, 15) is 10.1 Å². The van der Waals surface area contributed by atoms with Crippen molar-refractivity contribution < 1.29 is 14.1 Å². The van der Waals surface area contributed by atoms with Crippen LogP contribution in [0.4, 0.5) is 5.88 Å². The summed E-state index contributed by atoms with van der Waals surface area (Å²) in [5.74, 6) is 1.32. The van der Waals surface area contributed by atoms with Crippen LogP contribution in [0.5, 0.6) is 5.75 Å². The molecule has 4 aromatic rings. The fourth-order valence-electron chi connectivity index (χ4n) is 3.25. The van der Waals surface area contributed by atoms with Crippen LogP contribution < -0.4 is 4.74 Å². The summed E-state index contributed by atoms with van der Waals surface area (Å²) in [6.07, 6.45) is 2.00. The maximum Gasteiger partial charge on any atom is 0.433 e. The number of nitro groups is 1. The minimum absolute atomic E-state index is 0.308. The van der Waals surface area contributed by atoms with E-state index >= 15 is 0 Å². The van der Waals surface area contributed by atoms with Gasteiger partial charge in [-0.05, 0) is 30.2 Å². The van der Waals surface area contributed by atoms with Gasteiger partial charge < -0.3 is 13.7 Å². The number of benzene rings is 2. The highest BCUT2D eigenvalue weighted by atomic mass is 16.6. The molecular formula is C22H21N3O4. The largest absolute Gasteiger partial charge is 0.491 e. The summed E-state index contributed by atoms with van der Waals surface area (Å²) in [4.78, 5) is 15.2. The topological polar surface area (TPSA) is 83.3 Å². The Balaban J connectivity index is 1.86. The summed E-state index contributed by atoms with van der Waals surface area (Å²) < 4.78 is 13.5. The minimum Gasteiger partial charge on any atom is -0.491 e. The standard InChI is InChI=1S/C22H21N3O4/c1-2-3-14-28-18-11-7-10-17-21(18)24(15-16-8-5-4-6-9-16)22(23-17)19-12-13-20(29-19)25(26)27/h4-13H,2-3,14-15H2,1H3. The number of fused-ring (bicyclic) bond motifs is 1. The second-order valence-electron chi connectivity index (χ2n) is 6.73. The number of imidazole rings is 1. The highest BCUT2D eigenvalue weighted by Crippen LogP contribution is 2.34. The number of aromatic nitrogens is 2. The Morgan fingerprint density at radius 3 is 2.66 bits per heavy atom. The van der Waals surface area contributed by atoms with Crippen molar-refractivity contribution in [2.45, 2.75) is 26.3 Å². The smallest absolute Gasteiger partial charge is 0.433 e. The van der Waals surface area contributed by atoms with Crippen LogP contribution in [0, 0.1) is 10.1 Å². The Hall–Kier alpha value is -3.61. The fraction of sp³-hybridized carbons (Fsp3) is 0.227. The van der Waals surface area contributed by atoms with E-state index in [-0.39, 0.29) is 5.88 Å². The first kappa shape index (κ1) is 18.7. The molecule has 0 amide bonds. The lowest BCUT2D eigenvalue weighted by atomic mass is 10.2. The number of rotatable bonds is 8. The van der Waals surface area contributed by atoms with Gasteiger partial charge in [0.1, 0.15) is 16.2 Å². The van der Waals surface area contributed by atoms with Crippen LogP contribution in [0.15, 0.2) is 65.1 Å². The Bertz CT molecular complexity index is 1130. The number of unbranched alkanes of at least 4 members (excludes halogenated alkanes) is 1. The molecule has 2 aromatic carbocycles. The van der Waals surface area contributed by atoms with Crippen molar-refractivity contribution in [2.75, 3.05) is 6.61 Å². The van der Waals surface area contributed by atoms with Gasteiger partial charge >= 0.3 is 5.88 Å². The quantitative estimate of drug-likeness (QED) is 0.227. The van der Waals surface area contributed by atoms with E-state index in [1.807, 2.05) is 53.1 Å². The monoisotopic (exact) mass is 391 g/mol. The molecule has 0 aliphatic rings. The van der Waals surface area contributed by atoms with Gasteiger partial charge in [-0.1, -0.05) is 49.7 Å². The number of para-hydroxylation sites is 1. The SMILES string of the molecule is CCCCOc1cccc2nc(-c3ccc([N+](=O)[O-])o3)n(Cc3ccccc3)c12. The number of furan rings is 1. The van der Waals surface area contributed by atoms with Crippen LogP contribution in [0.1, 0.15) is 25.3 Å². The summed E-state index contributed by atoms with van der Waals surface area (Å²) >= 11 is 0. The van der Waals surface area contributed by atoms with Gasteiger partial charge in [-0.25, -0.2) is 4.98 Å². The minimum atomic E-state index is -0.549. The summed E-state index contributed by atoms with van der Waals surface area (Å²) in [5, 5.41) is 11.1. The Kier molecular flexibility index (Phi) is 5.29. The molecule has 0 spiro atoms. The van der Waals surface area contributed by atoms with E-state index in [0.29, 0.717) is 24.7 Å². The first-order chi connectivity index (χ1) is 14.2. The predicted molar refractivity (Wildman–Crippen MR) is 110 cm³/mol. The molecule has 0 fully saturated rings. The molecule has 0 saturated heterocycles. The second-order valence-corrected chi connectivity index (χ2v) is 6.73. The van der Waals surface area contributed by atoms with Crippen LogP contribution in [-0.2, 0) is 6.54 Å². The van der Waals surface area contributed by atoms with E-state index in [1.165, 1.54) is 6.07 Å². The second kappa shape index (κ2) is 8.18. The van der Waals surface area contributed by atoms with E-state index in [4.69, 9.17) is 14.1 Å². The van der Waals surface area contributed by atoms with Gasteiger partial charge in [0.15, 0.2) is 11.6 Å². The number of ether oxygens (including phenoxy) is 1. The molecule has 0 unspecified atom stereocenters. The third-order valence-corrected chi connectivity index (χ3v) is 4.66. The number of hydrogen-bond donors (Lipinski definition) is 0. The van der Waals surface area contributed by atoms with Crippen molar-refractivity contribution in [1.82, 2.24) is 9.55 Å². The molecule has 4 rings (SSSR count). The van der Waals surface area contributed by atoms with Crippen LogP contribution >= 0.6 is 0 Å². The molecule has 0 radical (unpaired) electrons. The van der Waals surface area contributed by atoms with Gasteiger partial charge in [-0.3, -0.25) is 10.1 Å². The normalized spacial score (nSPS) is 11.1. The van der Waals surface area contributed by atoms with Gasteiger partial charge in [0.25, 0.3) is 0 Å². The van der Waals surface area contributed by atoms with Crippen molar-refractivity contribution in [3.63, 3.8) is 0 Å². The van der Waals surface area contributed by atoms with Crippen molar-refractivity contribution in [1.29, 1.82) is 0 Å². The average molecular weight is 391 g/mol. The lowest BCUT2D eigenvalue weighted by Gasteiger charge is -2.12. The maximum atomic E-state index is 11.1. The molecule has 0 aliphatic heterocycles. The zero-order valence-electron chi connectivity index (χ0n) is 16.1. The molecule has 2 heterocycles. The molecule has 29 heavy (non-hydrogen) atoms. The summed E-state index contributed by atoms with van der Waals surface area (Å²) in [7, 11) is 0. The molecular weight excluding hydrogens is 370 g/mol. The zero-order chi connectivity index (χ0) is 20.2. The van der Waals surface area contributed by atoms with Gasteiger partial charge in [0.05, 0.1) is 18.2 Å². The van der Waals surface area contributed by atoms with E-state index in [2.05, 4.69) is 6.92 Å². The number of hydrogen-bond acceptors (Lipinski definition) is 5. The van der Waals surface area contributed by atoms with Gasteiger partial charge in [-0.15, -0.1) is 0 Å². The Labute approximate surface area is 167 Å². The Morgan fingerprint density at radius 2 is 1.93 bits per heavy atom. The average Bonchev–Trinajstić information content (AvgIpc) is 3.35. The summed E-state index contributed by atoms with van der Waals surface area (Å²) in [6.45, 7) is 3.27. The van der Waals surface area contributed by atoms with Crippen molar-refractivity contribution in [3.05, 3.63) is 76.3 Å². The molecule has 0 saturated carbocycles. The third kappa shape index (κ3) is 3.85. The fourth-order valence-corrected chi connectivity index (χ4v) is 3.25. The first-order valence-corrected chi connectivity index (χ1v) is 9.58. The van der Waals surface area contributed by atoms with Crippen molar-refractivity contribution >= 4 is 16.9 Å². The van der Waals surface area contributed by atoms with Crippen LogP contribution in [0.3, 0.4) is 0 Å². The van der Waals surface area contributed by atoms with Crippen LogP contribution in [0.25, 0.3) is 22.6 Å². The van der Waals surface area contributed by atoms with Crippen molar-refractivity contribution in [2.24, 2.45) is 0 Å². The molecule has 7 heteroatoms. The van der Waals surface area contributed by atoms with Crippen LogP contribution in [-0.4, -0.2) is 21.1 Å². The molecule has 0 N–H and O–H groups in total. The van der Waals surface area contributed by atoms with Gasteiger partial charge in [0, 0.05) is 6.54 Å². The molecule has 148 valence electrons. The highest BCUT2D eigenvalue weighted by molar-refractivity contribution is 5.85. The molecule has 2 aromatic heterocycles. The maximum absolute atomic E-state index is 11.1. The number of nitrogens with zero attached hydrogens (tertiary/aromatic N) is 3. The van der Waals surface area contributed by atoms with E-state index in [1.54, 1.807) is 6.07 Å². The lowest BCUT2D eigenvalue weighted by Crippen LogP contribution is -2.04. The van der Waals surface area contributed by atoms with E-state index < -0.39 is 4.92 Å². The highest BCUT2D eigenvalue weighted by Gasteiger charge is 2.21. The lowest BCUT2D eigenvalue weighted by molar-refractivity contribution is -0.401. The van der Waals surface area contributed by atoms with Gasteiger partial charge in [-0.2, -0.15) is 0 Å². The Morgan fingerprint density at radius 1 is 1.10 bits per heavy atom. The first-order valence-electron chi connectivity index (χ1n) is 9.58. The zero-order valence-corrected chi connectivity index (χ0v) is 16.1. The van der Waals surface area contributed by atoms with E-state index in [0.717, 1.165) is 35.2 Å². The molecule has 7 nitrogen and oxygen atoms in total. The van der Waals surface area contributed by atoms with Crippen LogP contribution in [0.2, 0.25) is 0 Å². The molecule has 0 bridgehead atoms. The molecule has 0 aliphatic carbocycles.